The number of ether oxygens (including phenoxy) is 1. The highest BCUT2D eigenvalue weighted by Gasteiger charge is 2.10. The maximum absolute atomic E-state index is 12.3. The van der Waals surface area contributed by atoms with Crippen molar-refractivity contribution in [2.75, 3.05) is 11.9 Å². The van der Waals surface area contributed by atoms with E-state index in [1.807, 2.05) is 35.7 Å². The molecule has 1 N–H and O–H groups in total. The van der Waals surface area contributed by atoms with Gasteiger partial charge in [0.05, 0.1) is 23.9 Å². The molecule has 0 radical (unpaired) electrons. The summed E-state index contributed by atoms with van der Waals surface area (Å²) in [5.41, 5.74) is 2.62. The van der Waals surface area contributed by atoms with E-state index in [1.165, 1.54) is 11.3 Å². The largest absolute Gasteiger partial charge is 0.494 e. The number of amides is 1. The molecule has 0 saturated carbocycles. The average Bonchev–Trinajstić information content (AvgIpc) is 3.15. The lowest BCUT2D eigenvalue weighted by atomic mass is 10.1. The van der Waals surface area contributed by atoms with Crippen molar-refractivity contribution in [3.63, 3.8) is 0 Å². The highest BCUT2D eigenvalue weighted by molar-refractivity contribution is 7.14. The highest BCUT2D eigenvalue weighted by atomic mass is 32.1. The van der Waals surface area contributed by atoms with E-state index in [0.29, 0.717) is 22.9 Å². The summed E-state index contributed by atoms with van der Waals surface area (Å²) in [4.78, 5) is 16.8. The molecular formula is C20H17N3O2S. The van der Waals surface area contributed by atoms with Crippen molar-refractivity contribution in [1.82, 2.24) is 4.98 Å². The second kappa shape index (κ2) is 8.28. The Balaban J connectivity index is 1.69. The van der Waals surface area contributed by atoms with Crippen LogP contribution in [0.15, 0.2) is 53.9 Å². The van der Waals surface area contributed by atoms with Crippen molar-refractivity contribution in [3.8, 4) is 23.1 Å². The number of carbonyl (C=O) groups excluding carboxylic acids is 1. The van der Waals surface area contributed by atoms with Crippen LogP contribution in [-0.2, 0) is 0 Å². The third-order valence-corrected chi connectivity index (χ3v) is 4.36. The maximum atomic E-state index is 12.3. The summed E-state index contributed by atoms with van der Waals surface area (Å²) in [7, 11) is 0. The monoisotopic (exact) mass is 363 g/mol. The second-order valence-electron chi connectivity index (χ2n) is 5.56. The summed E-state index contributed by atoms with van der Waals surface area (Å²) >= 11 is 1.36. The van der Waals surface area contributed by atoms with Gasteiger partial charge >= 0.3 is 0 Å². The van der Waals surface area contributed by atoms with E-state index >= 15 is 0 Å². The third kappa shape index (κ3) is 4.26. The van der Waals surface area contributed by atoms with E-state index in [4.69, 9.17) is 10.00 Å². The first-order valence-corrected chi connectivity index (χ1v) is 9.08. The number of hydrogen-bond acceptors (Lipinski definition) is 5. The smallest absolute Gasteiger partial charge is 0.257 e. The Kier molecular flexibility index (Phi) is 5.62. The number of thiazole rings is 1. The minimum atomic E-state index is -0.286. The number of nitrogens with one attached hydrogen (secondary N) is 1. The van der Waals surface area contributed by atoms with Gasteiger partial charge in [-0.1, -0.05) is 13.0 Å². The van der Waals surface area contributed by atoms with Crippen molar-refractivity contribution >= 4 is 22.4 Å². The molecule has 130 valence electrons. The standard InChI is InChI=1S/C20H17N3O2S/c1-2-10-25-17-8-6-15(7-9-17)18-13-26-20(22-18)23-19(24)16-5-3-4-14(11-16)12-21/h3-9,11,13H,2,10H2,1H3,(H,22,23,24). The van der Waals surface area contributed by atoms with Crippen LogP contribution < -0.4 is 10.1 Å². The Morgan fingerprint density at radius 3 is 2.81 bits per heavy atom. The summed E-state index contributed by atoms with van der Waals surface area (Å²) in [6.07, 6.45) is 0.966. The number of hydrogen-bond donors (Lipinski definition) is 1. The van der Waals surface area contributed by atoms with Crippen LogP contribution in [0.5, 0.6) is 5.75 Å². The fraction of sp³-hybridized carbons (Fsp3) is 0.150. The van der Waals surface area contributed by atoms with E-state index in [-0.39, 0.29) is 5.91 Å². The number of rotatable bonds is 6. The number of carbonyl (C=O) groups is 1. The maximum Gasteiger partial charge on any atom is 0.257 e. The SMILES string of the molecule is CCCOc1ccc(-c2csc(NC(=O)c3cccc(C#N)c3)n2)cc1. The van der Waals surface area contributed by atoms with Gasteiger partial charge in [-0.05, 0) is 48.9 Å². The van der Waals surface area contributed by atoms with Gasteiger partial charge in [0, 0.05) is 16.5 Å². The van der Waals surface area contributed by atoms with E-state index < -0.39 is 0 Å². The van der Waals surface area contributed by atoms with Crippen LogP contribution in [-0.4, -0.2) is 17.5 Å². The molecule has 2 aromatic carbocycles. The molecule has 0 aliphatic heterocycles. The first-order valence-electron chi connectivity index (χ1n) is 8.20. The van der Waals surface area contributed by atoms with E-state index in [9.17, 15) is 4.79 Å². The molecule has 0 aliphatic rings. The van der Waals surface area contributed by atoms with Gasteiger partial charge < -0.3 is 4.74 Å². The van der Waals surface area contributed by atoms with Gasteiger partial charge in [0.15, 0.2) is 5.13 Å². The molecule has 0 fully saturated rings. The summed E-state index contributed by atoms with van der Waals surface area (Å²) in [5.74, 6) is 0.544. The molecule has 1 aromatic heterocycles. The van der Waals surface area contributed by atoms with Crippen LogP contribution in [0.3, 0.4) is 0 Å². The first-order chi connectivity index (χ1) is 12.7. The van der Waals surface area contributed by atoms with Gasteiger partial charge in [-0.2, -0.15) is 5.26 Å². The molecule has 0 atom stereocenters. The van der Waals surface area contributed by atoms with E-state index in [0.717, 1.165) is 23.4 Å². The molecule has 3 rings (SSSR count). The van der Waals surface area contributed by atoms with Gasteiger partial charge in [0.25, 0.3) is 5.91 Å². The fourth-order valence-corrected chi connectivity index (χ4v) is 3.02. The number of nitriles is 1. The number of anilines is 1. The second-order valence-corrected chi connectivity index (χ2v) is 6.42. The molecule has 0 bridgehead atoms. The van der Waals surface area contributed by atoms with Crippen LogP contribution in [0, 0.1) is 11.3 Å². The van der Waals surface area contributed by atoms with Crippen LogP contribution in [0.25, 0.3) is 11.3 Å². The zero-order valence-corrected chi connectivity index (χ0v) is 15.0. The van der Waals surface area contributed by atoms with Crippen molar-refractivity contribution in [1.29, 1.82) is 5.26 Å². The Hall–Kier alpha value is -3.17. The lowest BCUT2D eigenvalue weighted by Crippen LogP contribution is -2.11. The summed E-state index contributed by atoms with van der Waals surface area (Å²) < 4.78 is 5.57. The van der Waals surface area contributed by atoms with Crippen molar-refractivity contribution < 1.29 is 9.53 Å². The summed E-state index contributed by atoms with van der Waals surface area (Å²) in [6, 6.07) is 16.3. The first kappa shape index (κ1) is 17.6. The predicted octanol–water partition coefficient (Wildman–Crippen LogP) is 4.72. The molecule has 3 aromatic rings. The normalized spacial score (nSPS) is 10.2. The van der Waals surface area contributed by atoms with Gasteiger partial charge in [0.1, 0.15) is 5.75 Å². The molecule has 1 heterocycles. The minimum Gasteiger partial charge on any atom is -0.494 e. The molecule has 26 heavy (non-hydrogen) atoms. The number of benzene rings is 2. The molecule has 1 amide bonds. The lowest BCUT2D eigenvalue weighted by molar-refractivity contribution is 0.102. The zero-order chi connectivity index (χ0) is 18.4. The van der Waals surface area contributed by atoms with Crippen LogP contribution in [0.1, 0.15) is 29.3 Å². The highest BCUT2D eigenvalue weighted by Crippen LogP contribution is 2.27. The Labute approximate surface area is 155 Å². The van der Waals surface area contributed by atoms with Gasteiger partial charge in [-0.3, -0.25) is 10.1 Å². The van der Waals surface area contributed by atoms with Crippen molar-refractivity contribution in [2.45, 2.75) is 13.3 Å². The fourth-order valence-electron chi connectivity index (χ4n) is 2.30. The van der Waals surface area contributed by atoms with Crippen LogP contribution in [0.4, 0.5) is 5.13 Å². The molecule has 0 saturated heterocycles. The van der Waals surface area contributed by atoms with Crippen LogP contribution >= 0.6 is 11.3 Å². The predicted molar refractivity (Wildman–Crippen MR) is 102 cm³/mol. The summed E-state index contributed by atoms with van der Waals surface area (Å²) in [6.45, 7) is 2.76. The molecule has 6 heteroatoms. The number of aromatic nitrogens is 1. The zero-order valence-electron chi connectivity index (χ0n) is 14.2. The Morgan fingerprint density at radius 2 is 2.08 bits per heavy atom. The molecular weight excluding hydrogens is 346 g/mol. The Bertz CT molecular complexity index is 942. The van der Waals surface area contributed by atoms with E-state index in [2.05, 4.69) is 17.2 Å². The topological polar surface area (TPSA) is 75.0 Å². The quantitative estimate of drug-likeness (QED) is 0.687. The average molecular weight is 363 g/mol. The lowest BCUT2D eigenvalue weighted by Gasteiger charge is -2.04. The molecule has 0 aliphatic carbocycles. The van der Waals surface area contributed by atoms with Gasteiger partial charge in [-0.15, -0.1) is 11.3 Å². The van der Waals surface area contributed by atoms with Crippen LogP contribution in [0.2, 0.25) is 0 Å². The minimum absolute atomic E-state index is 0.286. The van der Waals surface area contributed by atoms with Gasteiger partial charge in [-0.25, -0.2) is 4.98 Å². The van der Waals surface area contributed by atoms with Gasteiger partial charge in [0.2, 0.25) is 0 Å². The Morgan fingerprint density at radius 1 is 1.27 bits per heavy atom. The number of nitrogens with zero attached hydrogens (tertiary/aromatic N) is 2. The van der Waals surface area contributed by atoms with E-state index in [1.54, 1.807) is 24.3 Å². The molecule has 0 unspecified atom stereocenters. The third-order valence-electron chi connectivity index (χ3n) is 3.60. The van der Waals surface area contributed by atoms with Crippen molar-refractivity contribution in [3.05, 3.63) is 65.0 Å². The molecule has 0 spiro atoms. The molecule has 5 nitrogen and oxygen atoms in total. The summed E-state index contributed by atoms with van der Waals surface area (Å²) in [5, 5.41) is 14.1. The van der Waals surface area contributed by atoms with Crippen molar-refractivity contribution in [2.24, 2.45) is 0 Å².